The summed E-state index contributed by atoms with van der Waals surface area (Å²) in [6.07, 6.45) is 21.5. The van der Waals surface area contributed by atoms with Gasteiger partial charge in [0.05, 0.1) is 6.61 Å². The van der Waals surface area contributed by atoms with Gasteiger partial charge in [0.1, 0.15) is 0 Å². The molecule has 0 rings (SSSR count). The third-order valence-electron chi connectivity index (χ3n) is 3.71. The van der Waals surface area contributed by atoms with E-state index < -0.39 is 0 Å². The number of allylic oxidation sites excluding steroid dienone is 2. The fraction of sp³-hybridized carbons (Fsp3) is 0.842. The first-order chi connectivity index (χ1) is 10.3. The zero-order valence-corrected chi connectivity index (χ0v) is 14.4. The van der Waals surface area contributed by atoms with Crippen LogP contribution in [0.2, 0.25) is 0 Å². The van der Waals surface area contributed by atoms with Gasteiger partial charge in [0.25, 0.3) is 0 Å². The number of esters is 1. The van der Waals surface area contributed by atoms with Gasteiger partial charge in [-0.25, -0.2) is 0 Å². The topological polar surface area (TPSA) is 26.3 Å². The molecular formula is C19H36O2. The van der Waals surface area contributed by atoms with Crippen LogP contribution in [-0.4, -0.2) is 12.6 Å². The summed E-state index contributed by atoms with van der Waals surface area (Å²) in [5.41, 5.74) is 0. The minimum atomic E-state index is -0.159. The lowest BCUT2D eigenvalue weighted by atomic mass is 10.1. The van der Waals surface area contributed by atoms with Gasteiger partial charge in [-0.2, -0.15) is 0 Å². The molecule has 0 N–H and O–H groups in total. The van der Waals surface area contributed by atoms with E-state index in [4.69, 9.17) is 4.74 Å². The zero-order valence-electron chi connectivity index (χ0n) is 14.4. The van der Waals surface area contributed by atoms with Gasteiger partial charge in [-0.15, -0.1) is 0 Å². The van der Waals surface area contributed by atoms with Crippen molar-refractivity contribution in [3.05, 3.63) is 12.2 Å². The molecule has 0 atom stereocenters. The van der Waals surface area contributed by atoms with Gasteiger partial charge in [0.15, 0.2) is 0 Å². The van der Waals surface area contributed by atoms with E-state index in [1.54, 1.807) is 0 Å². The molecule has 0 aliphatic rings. The molecule has 124 valence electrons. The number of unbranched alkanes of at least 4 members (excludes halogenated alkanes) is 11. The number of carbonyl (C=O) groups excluding carboxylic acids is 1. The number of rotatable bonds is 15. The van der Waals surface area contributed by atoms with Crippen LogP contribution in [0.25, 0.3) is 0 Å². The fourth-order valence-electron chi connectivity index (χ4n) is 2.39. The van der Waals surface area contributed by atoms with E-state index in [9.17, 15) is 4.79 Å². The van der Waals surface area contributed by atoms with Gasteiger partial charge in [-0.1, -0.05) is 70.4 Å². The number of hydrogen-bond acceptors (Lipinski definition) is 2. The predicted octanol–water partition coefficient (Wildman–Crippen LogP) is 6.20. The van der Waals surface area contributed by atoms with Crippen molar-refractivity contribution in [1.82, 2.24) is 0 Å². The maximum absolute atomic E-state index is 10.6. The van der Waals surface area contributed by atoms with E-state index in [2.05, 4.69) is 19.1 Å². The van der Waals surface area contributed by atoms with Gasteiger partial charge in [0, 0.05) is 6.92 Å². The zero-order chi connectivity index (χ0) is 15.6. The number of ether oxygens (including phenoxy) is 1. The molecule has 0 bridgehead atoms. The van der Waals surface area contributed by atoms with Crippen molar-refractivity contribution >= 4 is 5.97 Å². The second-order valence-corrected chi connectivity index (χ2v) is 5.92. The normalized spacial score (nSPS) is 11.1. The second kappa shape index (κ2) is 17.3. The summed E-state index contributed by atoms with van der Waals surface area (Å²) < 4.78 is 4.91. The second-order valence-electron chi connectivity index (χ2n) is 5.92. The van der Waals surface area contributed by atoms with Crippen molar-refractivity contribution in [1.29, 1.82) is 0 Å². The molecule has 0 amide bonds. The molecule has 21 heavy (non-hydrogen) atoms. The molecule has 0 aliphatic carbocycles. The maximum Gasteiger partial charge on any atom is 0.302 e. The van der Waals surface area contributed by atoms with Crippen LogP contribution in [0.4, 0.5) is 0 Å². The van der Waals surface area contributed by atoms with Gasteiger partial charge < -0.3 is 4.74 Å². The molecule has 0 aromatic heterocycles. The Labute approximate surface area is 132 Å². The summed E-state index contributed by atoms with van der Waals surface area (Å²) in [6, 6.07) is 0. The van der Waals surface area contributed by atoms with E-state index in [0.717, 1.165) is 6.42 Å². The van der Waals surface area contributed by atoms with E-state index in [1.165, 1.54) is 84.0 Å². The van der Waals surface area contributed by atoms with Crippen molar-refractivity contribution in [3.8, 4) is 0 Å². The van der Waals surface area contributed by atoms with Crippen LogP contribution >= 0.6 is 0 Å². The van der Waals surface area contributed by atoms with Gasteiger partial charge in [0.2, 0.25) is 0 Å². The Morgan fingerprint density at radius 1 is 0.762 bits per heavy atom. The van der Waals surface area contributed by atoms with Crippen LogP contribution in [0.1, 0.15) is 97.3 Å². The predicted molar refractivity (Wildman–Crippen MR) is 91.5 cm³/mol. The molecule has 0 aromatic rings. The van der Waals surface area contributed by atoms with Crippen molar-refractivity contribution < 1.29 is 9.53 Å². The fourth-order valence-corrected chi connectivity index (χ4v) is 2.39. The molecule has 0 heterocycles. The molecule has 0 saturated heterocycles. The van der Waals surface area contributed by atoms with Crippen LogP contribution in [0.15, 0.2) is 12.2 Å². The molecule has 2 nitrogen and oxygen atoms in total. The third-order valence-corrected chi connectivity index (χ3v) is 3.71. The van der Waals surface area contributed by atoms with Gasteiger partial charge in [-0.05, 0) is 32.1 Å². The highest BCUT2D eigenvalue weighted by Crippen LogP contribution is 2.09. The largest absolute Gasteiger partial charge is 0.466 e. The van der Waals surface area contributed by atoms with E-state index in [0.29, 0.717) is 6.61 Å². The summed E-state index contributed by atoms with van der Waals surface area (Å²) in [6.45, 7) is 4.33. The van der Waals surface area contributed by atoms with Crippen LogP contribution in [0.5, 0.6) is 0 Å². The van der Waals surface area contributed by atoms with Crippen LogP contribution in [0.3, 0.4) is 0 Å². The first-order valence-electron chi connectivity index (χ1n) is 9.05. The highest BCUT2D eigenvalue weighted by atomic mass is 16.5. The lowest BCUT2D eigenvalue weighted by Gasteiger charge is -2.02. The third kappa shape index (κ3) is 19.2. The van der Waals surface area contributed by atoms with Crippen LogP contribution in [-0.2, 0) is 9.53 Å². The van der Waals surface area contributed by atoms with E-state index in [1.807, 2.05) is 0 Å². The average molecular weight is 296 g/mol. The summed E-state index contributed by atoms with van der Waals surface area (Å²) in [5, 5.41) is 0. The first kappa shape index (κ1) is 20.2. The summed E-state index contributed by atoms with van der Waals surface area (Å²) in [5.74, 6) is -0.159. The molecule has 0 spiro atoms. The van der Waals surface area contributed by atoms with Crippen molar-refractivity contribution in [3.63, 3.8) is 0 Å². The van der Waals surface area contributed by atoms with E-state index in [-0.39, 0.29) is 5.97 Å². The quantitative estimate of drug-likeness (QED) is 0.204. The first-order valence-corrected chi connectivity index (χ1v) is 9.05. The maximum atomic E-state index is 10.6. The summed E-state index contributed by atoms with van der Waals surface area (Å²) in [4.78, 5) is 10.6. The van der Waals surface area contributed by atoms with Crippen molar-refractivity contribution in [2.75, 3.05) is 6.61 Å². The molecule has 0 saturated carbocycles. The highest BCUT2D eigenvalue weighted by molar-refractivity contribution is 5.65. The lowest BCUT2D eigenvalue weighted by Crippen LogP contribution is -1.99. The molecule has 2 heteroatoms. The number of carbonyl (C=O) groups is 1. The Morgan fingerprint density at radius 3 is 1.76 bits per heavy atom. The standard InChI is InChI=1S/C19H36O2/c1-3-4-5-6-7-8-9-10-11-12-13-14-15-16-17-18-21-19(2)20/h8-9H,3-7,10-18H2,1-2H3/b9-8+. The van der Waals surface area contributed by atoms with Crippen molar-refractivity contribution in [2.24, 2.45) is 0 Å². The minimum absolute atomic E-state index is 0.159. The molecule has 0 aliphatic heterocycles. The Hall–Kier alpha value is -0.790. The Bertz CT molecular complexity index is 246. The lowest BCUT2D eigenvalue weighted by molar-refractivity contribution is -0.141. The van der Waals surface area contributed by atoms with Gasteiger partial charge >= 0.3 is 5.97 Å². The smallest absolute Gasteiger partial charge is 0.302 e. The monoisotopic (exact) mass is 296 g/mol. The molecular weight excluding hydrogens is 260 g/mol. The molecule has 0 aromatic carbocycles. The Morgan fingerprint density at radius 2 is 1.24 bits per heavy atom. The summed E-state index contributed by atoms with van der Waals surface area (Å²) >= 11 is 0. The SMILES string of the molecule is CCCCCC/C=C/CCCCCCCCCOC(C)=O. The van der Waals surface area contributed by atoms with Gasteiger partial charge in [-0.3, -0.25) is 4.79 Å². The average Bonchev–Trinajstić information content (AvgIpc) is 2.46. The Kier molecular flexibility index (Phi) is 16.6. The summed E-state index contributed by atoms with van der Waals surface area (Å²) in [7, 11) is 0. The minimum Gasteiger partial charge on any atom is -0.466 e. The molecule has 0 fully saturated rings. The van der Waals surface area contributed by atoms with Crippen LogP contribution in [0, 0.1) is 0 Å². The molecule has 0 unspecified atom stereocenters. The van der Waals surface area contributed by atoms with E-state index >= 15 is 0 Å². The van der Waals surface area contributed by atoms with Crippen LogP contribution < -0.4 is 0 Å². The molecule has 0 radical (unpaired) electrons. The highest BCUT2D eigenvalue weighted by Gasteiger charge is 1.94. The number of hydrogen-bond donors (Lipinski definition) is 0. The van der Waals surface area contributed by atoms with Crippen molar-refractivity contribution in [2.45, 2.75) is 97.3 Å². The Balaban J connectivity index is 3.05.